The van der Waals surface area contributed by atoms with Crippen LogP contribution in [0.1, 0.15) is 44.9 Å². The Morgan fingerprint density at radius 1 is 1.14 bits per heavy atom. The van der Waals surface area contributed by atoms with E-state index in [1.807, 2.05) is 13.0 Å². The van der Waals surface area contributed by atoms with Gasteiger partial charge in [0.1, 0.15) is 12.7 Å². The Balaban J connectivity index is 1.96. The van der Waals surface area contributed by atoms with Crippen LogP contribution < -0.4 is 0 Å². The van der Waals surface area contributed by atoms with Crippen LogP contribution in [0.2, 0.25) is 0 Å². The number of rotatable bonds is 12. The number of aliphatic hydroxyl groups is 1. The van der Waals surface area contributed by atoms with Gasteiger partial charge in [0, 0.05) is 44.5 Å². The van der Waals surface area contributed by atoms with Gasteiger partial charge in [-0.2, -0.15) is 0 Å². The summed E-state index contributed by atoms with van der Waals surface area (Å²) >= 11 is 0. The van der Waals surface area contributed by atoms with Gasteiger partial charge in [0.05, 0.1) is 0 Å². The maximum Gasteiger partial charge on any atom is 0.305 e. The first-order chi connectivity index (χ1) is 13.5. The van der Waals surface area contributed by atoms with Gasteiger partial charge in [-0.05, 0) is 30.0 Å². The molecule has 0 aliphatic carbocycles. The predicted molar refractivity (Wildman–Crippen MR) is 112 cm³/mol. The normalized spacial score (nSPS) is 12.5. The van der Waals surface area contributed by atoms with Crippen molar-refractivity contribution >= 4 is 5.97 Å². The Kier molecular flexibility index (Phi) is 9.24. The zero-order valence-corrected chi connectivity index (χ0v) is 17.4. The van der Waals surface area contributed by atoms with Gasteiger partial charge in [0.2, 0.25) is 0 Å². The second-order valence-corrected chi connectivity index (χ2v) is 7.79. The Labute approximate surface area is 168 Å². The lowest BCUT2D eigenvalue weighted by atomic mass is 10.2. The lowest BCUT2D eigenvalue weighted by Crippen LogP contribution is -2.37. The highest BCUT2D eigenvalue weighted by atomic mass is 16.5. The number of nitrogens with zero attached hydrogens (tertiary/aromatic N) is 2. The molecule has 1 aromatic carbocycles. The molecule has 2 rings (SSSR count). The van der Waals surface area contributed by atoms with E-state index in [4.69, 9.17) is 4.74 Å². The average Bonchev–Trinajstić information content (AvgIpc) is 3.07. The first-order valence-corrected chi connectivity index (χ1v) is 10.2. The molecule has 0 bridgehead atoms. The first-order valence-electron chi connectivity index (χ1n) is 10.2. The van der Waals surface area contributed by atoms with Crippen molar-refractivity contribution in [2.75, 3.05) is 19.7 Å². The van der Waals surface area contributed by atoms with Crippen molar-refractivity contribution in [1.82, 2.24) is 9.47 Å². The van der Waals surface area contributed by atoms with Gasteiger partial charge in [-0.1, -0.05) is 51.1 Å². The summed E-state index contributed by atoms with van der Waals surface area (Å²) in [5, 5.41) is 10.4. The summed E-state index contributed by atoms with van der Waals surface area (Å²) in [7, 11) is 0. The van der Waals surface area contributed by atoms with Crippen LogP contribution in [0, 0.1) is 5.92 Å². The van der Waals surface area contributed by atoms with Crippen molar-refractivity contribution in [2.24, 2.45) is 5.92 Å². The van der Waals surface area contributed by atoms with Crippen LogP contribution in [0.3, 0.4) is 0 Å². The van der Waals surface area contributed by atoms with E-state index in [2.05, 4.69) is 65.9 Å². The van der Waals surface area contributed by atoms with Crippen LogP contribution in [0.15, 0.2) is 48.7 Å². The lowest BCUT2D eigenvalue weighted by Gasteiger charge is -2.27. The third kappa shape index (κ3) is 7.87. The number of carbonyl (C=O) groups excluding carboxylic acids is 1. The number of aliphatic hydroxyl groups excluding tert-OH is 1. The van der Waals surface area contributed by atoms with E-state index in [0.29, 0.717) is 18.9 Å². The highest BCUT2D eigenvalue weighted by Crippen LogP contribution is 2.12. The Morgan fingerprint density at radius 3 is 2.57 bits per heavy atom. The molecule has 28 heavy (non-hydrogen) atoms. The van der Waals surface area contributed by atoms with Crippen LogP contribution in [0.5, 0.6) is 0 Å². The molecule has 2 aromatic rings. The zero-order chi connectivity index (χ0) is 20.4. The molecule has 1 N–H and O–H groups in total. The smallest absolute Gasteiger partial charge is 0.305 e. The number of benzene rings is 1. The van der Waals surface area contributed by atoms with Gasteiger partial charge in [0.15, 0.2) is 0 Å². The molecule has 0 saturated carbocycles. The zero-order valence-electron chi connectivity index (χ0n) is 17.4. The molecule has 0 fully saturated rings. The standard InChI is InChI=1S/C23H34N2O3/c1-4-9-23(27)28-18-22(26)17-24(14-19(2)3)16-21-12-8-13-25(21)15-20-10-6-5-7-11-20/h5-8,10-13,19,22,26H,4,9,14-18H2,1-3H3/t22-/m0/s1. The fourth-order valence-corrected chi connectivity index (χ4v) is 3.29. The monoisotopic (exact) mass is 386 g/mol. The van der Waals surface area contributed by atoms with E-state index in [1.54, 1.807) is 0 Å². The molecule has 1 atom stereocenters. The van der Waals surface area contributed by atoms with E-state index in [0.717, 1.165) is 26.1 Å². The highest BCUT2D eigenvalue weighted by molar-refractivity contribution is 5.69. The quantitative estimate of drug-likeness (QED) is 0.565. The second kappa shape index (κ2) is 11.7. The highest BCUT2D eigenvalue weighted by Gasteiger charge is 2.17. The predicted octanol–water partition coefficient (Wildman–Crippen LogP) is 3.70. The Hall–Kier alpha value is -2.11. The number of ether oxygens (including phenoxy) is 1. The van der Waals surface area contributed by atoms with Gasteiger partial charge >= 0.3 is 5.97 Å². The molecule has 0 amide bonds. The molecule has 0 radical (unpaired) electrons. The number of esters is 1. The van der Waals surface area contributed by atoms with Gasteiger partial charge in [-0.15, -0.1) is 0 Å². The summed E-state index contributed by atoms with van der Waals surface area (Å²) in [4.78, 5) is 13.8. The number of hydrogen-bond donors (Lipinski definition) is 1. The second-order valence-electron chi connectivity index (χ2n) is 7.79. The molecule has 5 nitrogen and oxygen atoms in total. The van der Waals surface area contributed by atoms with Gasteiger partial charge in [0.25, 0.3) is 0 Å². The first kappa shape index (κ1) is 22.2. The molecule has 0 aliphatic rings. The average molecular weight is 387 g/mol. The van der Waals surface area contributed by atoms with Crippen LogP contribution in [-0.2, 0) is 22.6 Å². The minimum atomic E-state index is -0.683. The number of aromatic nitrogens is 1. The number of carbonyl (C=O) groups is 1. The molecule has 5 heteroatoms. The maximum atomic E-state index is 11.5. The van der Waals surface area contributed by atoms with Crippen LogP contribution in [-0.4, -0.2) is 46.3 Å². The van der Waals surface area contributed by atoms with E-state index in [9.17, 15) is 9.90 Å². The third-order valence-corrected chi connectivity index (χ3v) is 4.49. The lowest BCUT2D eigenvalue weighted by molar-refractivity contribution is -0.147. The van der Waals surface area contributed by atoms with Gasteiger partial charge in [-0.3, -0.25) is 9.69 Å². The Morgan fingerprint density at radius 2 is 1.89 bits per heavy atom. The van der Waals surface area contributed by atoms with Crippen LogP contribution >= 0.6 is 0 Å². The molecule has 0 unspecified atom stereocenters. The SMILES string of the molecule is CCCC(=O)OC[C@@H](O)CN(Cc1cccn1Cc1ccccc1)CC(C)C. The molecule has 1 heterocycles. The molecular weight excluding hydrogens is 352 g/mol. The van der Waals surface area contributed by atoms with Crippen molar-refractivity contribution in [3.05, 3.63) is 59.9 Å². The minimum Gasteiger partial charge on any atom is -0.463 e. The molecule has 0 spiro atoms. The molecule has 1 aromatic heterocycles. The van der Waals surface area contributed by atoms with Crippen molar-refractivity contribution in [3.63, 3.8) is 0 Å². The maximum absolute atomic E-state index is 11.5. The summed E-state index contributed by atoms with van der Waals surface area (Å²) in [5.74, 6) is 0.237. The molecule has 154 valence electrons. The summed E-state index contributed by atoms with van der Waals surface area (Å²) < 4.78 is 7.41. The fourth-order valence-electron chi connectivity index (χ4n) is 3.29. The Bertz CT molecular complexity index is 697. The summed E-state index contributed by atoms with van der Waals surface area (Å²) in [6.45, 7) is 9.26. The van der Waals surface area contributed by atoms with E-state index in [1.165, 1.54) is 11.3 Å². The summed E-state index contributed by atoms with van der Waals surface area (Å²) in [6, 6.07) is 14.6. The topological polar surface area (TPSA) is 54.7 Å². The molecular formula is C23H34N2O3. The largest absolute Gasteiger partial charge is 0.463 e. The third-order valence-electron chi connectivity index (χ3n) is 4.49. The molecule has 0 saturated heterocycles. The van der Waals surface area contributed by atoms with Crippen molar-refractivity contribution in [3.8, 4) is 0 Å². The van der Waals surface area contributed by atoms with E-state index >= 15 is 0 Å². The van der Waals surface area contributed by atoms with Crippen molar-refractivity contribution in [2.45, 2.75) is 52.8 Å². The number of hydrogen-bond acceptors (Lipinski definition) is 4. The minimum absolute atomic E-state index is 0.0540. The van der Waals surface area contributed by atoms with Crippen molar-refractivity contribution in [1.29, 1.82) is 0 Å². The van der Waals surface area contributed by atoms with Crippen LogP contribution in [0.25, 0.3) is 0 Å². The van der Waals surface area contributed by atoms with Gasteiger partial charge < -0.3 is 14.4 Å². The summed E-state index contributed by atoms with van der Waals surface area (Å²) in [5.41, 5.74) is 2.47. The van der Waals surface area contributed by atoms with E-state index in [-0.39, 0.29) is 12.6 Å². The van der Waals surface area contributed by atoms with Crippen molar-refractivity contribution < 1.29 is 14.6 Å². The molecule has 0 aliphatic heterocycles. The van der Waals surface area contributed by atoms with Gasteiger partial charge in [-0.25, -0.2) is 0 Å². The fraction of sp³-hybridized carbons (Fsp3) is 0.522. The summed E-state index contributed by atoms with van der Waals surface area (Å²) in [6.07, 6.45) is 2.57. The van der Waals surface area contributed by atoms with Crippen LogP contribution in [0.4, 0.5) is 0 Å². The van der Waals surface area contributed by atoms with E-state index < -0.39 is 6.10 Å².